The molecule has 2 aromatic carbocycles. The highest BCUT2D eigenvalue weighted by atomic mass is 14.7. The van der Waals surface area contributed by atoms with Gasteiger partial charge in [-0.25, -0.2) is 0 Å². The molecule has 37 heavy (non-hydrogen) atoms. The van der Waals surface area contributed by atoms with Crippen LogP contribution in [0.1, 0.15) is 11.1 Å². The third-order valence-electron chi connectivity index (χ3n) is 8.16. The topological polar surface area (TPSA) is 25.8 Å². The fourth-order valence-electron chi connectivity index (χ4n) is 6.58. The number of hydrogen-bond acceptors (Lipinski definition) is 2. The number of aromatic nitrogens is 2. The van der Waals surface area contributed by atoms with Crippen LogP contribution < -0.4 is 0 Å². The lowest BCUT2D eigenvalue weighted by Crippen LogP contribution is -2.29. The quantitative estimate of drug-likeness (QED) is 0.275. The van der Waals surface area contributed by atoms with E-state index in [1.54, 1.807) is 0 Å². The van der Waals surface area contributed by atoms with Gasteiger partial charge < -0.3 is 0 Å². The molecule has 8 rings (SSSR count). The Morgan fingerprint density at radius 3 is 2.32 bits per heavy atom. The van der Waals surface area contributed by atoms with Gasteiger partial charge in [0.2, 0.25) is 0 Å². The van der Waals surface area contributed by atoms with Gasteiger partial charge in [-0.2, -0.15) is 0 Å². The summed E-state index contributed by atoms with van der Waals surface area (Å²) in [4.78, 5) is 9.37. The molecule has 0 N–H and O–H groups in total. The fourth-order valence-corrected chi connectivity index (χ4v) is 6.58. The van der Waals surface area contributed by atoms with Crippen LogP contribution in [0.5, 0.6) is 0 Å². The molecule has 0 radical (unpaired) electrons. The first-order valence-corrected chi connectivity index (χ1v) is 12.9. The predicted octanol–water partition coefficient (Wildman–Crippen LogP) is 8.25. The van der Waals surface area contributed by atoms with Gasteiger partial charge in [0.1, 0.15) is 0 Å². The Kier molecular flexibility index (Phi) is 4.30. The summed E-state index contributed by atoms with van der Waals surface area (Å²) >= 11 is 0. The molecule has 174 valence electrons. The van der Waals surface area contributed by atoms with Gasteiger partial charge in [0.05, 0.1) is 11.0 Å². The molecule has 2 heterocycles. The van der Waals surface area contributed by atoms with E-state index in [0.717, 1.165) is 21.8 Å². The van der Waals surface area contributed by atoms with E-state index in [2.05, 4.69) is 103 Å². The number of rotatable bonds is 2. The molecule has 0 saturated heterocycles. The van der Waals surface area contributed by atoms with Crippen LogP contribution in [0.15, 0.2) is 138 Å². The van der Waals surface area contributed by atoms with Crippen molar-refractivity contribution in [1.82, 2.24) is 9.97 Å². The van der Waals surface area contributed by atoms with Gasteiger partial charge in [-0.15, -0.1) is 0 Å². The number of nitrogens with zero attached hydrogens (tertiary/aromatic N) is 2. The lowest BCUT2D eigenvalue weighted by molar-refractivity contribution is 0.567. The van der Waals surface area contributed by atoms with Crippen molar-refractivity contribution in [1.29, 1.82) is 0 Å². The molecule has 0 fully saturated rings. The molecule has 4 aromatic rings. The summed E-state index contributed by atoms with van der Waals surface area (Å²) in [5.41, 5.74) is 13.8. The van der Waals surface area contributed by atoms with Crippen molar-refractivity contribution in [3.05, 3.63) is 149 Å². The first-order chi connectivity index (χ1) is 18.2. The van der Waals surface area contributed by atoms with Crippen LogP contribution >= 0.6 is 0 Å². The van der Waals surface area contributed by atoms with E-state index in [4.69, 9.17) is 4.98 Å². The number of aryl methyl sites for hydroxylation is 1. The Morgan fingerprint density at radius 1 is 0.649 bits per heavy atom. The summed E-state index contributed by atoms with van der Waals surface area (Å²) in [7, 11) is 0. The normalized spacial score (nSPS) is 21.2. The second kappa shape index (κ2) is 7.72. The third kappa shape index (κ3) is 3.06. The molecule has 4 aliphatic carbocycles. The van der Waals surface area contributed by atoms with Crippen LogP contribution in [0.4, 0.5) is 0 Å². The van der Waals surface area contributed by atoms with Crippen LogP contribution in [0.25, 0.3) is 38.5 Å². The maximum absolute atomic E-state index is 4.73. The van der Waals surface area contributed by atoms with E-state index in [9.17, 15) is 0 Å². The van der Waals surface area contributed by atoms with Crippen LogP contribution in [0.3, 0.4) is 0 Å². The Labute approximate surface area is 216 Å². The average molecular weight is 473 g/mol. The lowest BCUT2D eigenvalue weighted by atomic mass is 9.62. The van der Waals surface area contributed by atoms with Crippen molar-refractivity contribution < 1.29 is 0 Å². The minimum absolute atomic E-state index is 0.377. The number of allylic oxidation sites excluding steroid dienone is 14. The summed E-state index contributed by atoms with van der Waals surface area (Å²) in [6, 6.07) is 17.6. The average Bonchev–Trinajstić information content (AvgIpc) is 2.95. The van der Waals surface area contributed by atoms with E-state index in [1.165, 1.54) is 50.1 Å². The first kappa shape index (κ1) is 20.6. The number of pyridine rings is 2. The zero-order chi connectivity index (χ0) is 24.5. The summed E-state index contributed by atoms with van der Waals surface area (Å²) in [5.74, 6) is 0.791. The predicted molar refractivity (Wildman–Crippen MR) is 153 cm³/mol. The fraction of sp³-hybridized carbons (Fsp3) is 0.0857. The van der Waals surface area contributed by atoms with Crippen molar-refractivity contribution in [3.63, 3.8) is 0 Å². The SMILES string of the molecule is Cc1cc(C2=CC=C3C=CC4=CC=CC5=CC=C2C3C45)cc(-c2cc3cccnc3c3ncccc23)c1. The van der Waals surface area contributed by atoms with Gasteiger partial charge in [0.15, 0.2) is 0 Å². The minimum Gasteiger partial charge on any atom is -0.254 e. The zero-order valence-electron chi connectivity index (χ0n) is 20.5. The number of fused-ring (bicyclic) bond motifs is 3. The molecular formula is C35H24N2. The summed E-state index contributed by atoms with van der Waals surface area (Å²) < 4.78 is 0. The van der Waals surface area contributed by atoms with E-state index in [0.29, 0.717) is 11.8 Å². The Bertz CT molecular complexity index is 1890. The molecule has 0 spiro atoms. The minimum atomic E-state index is 0.377. The van der Waals surface area contributed by atoms with Crippen LogP contribution in [-0.2, 0) is 0 Å². The molecule has 2 unspecified atom stereocenters. The molecular weight excluding hydrogens is 448 g/mol. The van der Waals surface area contributed by atoms with Crippen LogP contribution in [0, 0.1) is 18.8 Å². The van der Waals surface area contributed by atoms with Gasteiger partial charge in [-0.05, 0) is 81.3 Å². The molecule has 2 atom stereocenters. The summed E-state index contributed by atoms with van der Waals surface area (Å²) in [5, 5.41) is 2.25. The monoisotopic (exact) mass is 472 g/mol. The summed E-state index contributed by atoms with van der Waals surface area (Å²) in [6.45, 7) is 2.20. The maximum Gasteiger partial charge on any atom is 0.0970 e. The maximum atomic E-state index is 4.73. The van der Waals surface area contributed by atoms with Gasteiger partial charge in [0.25, 0.3) is 0 Å². The van der Waals surface area contributed by atoms with Crippen molar-refractivity contribution in [2.75, 3.05) is 0 Å². The lowest BCUT2D eigenvalue weighted by Gasteiger charge is -2.41. The van der Waals surface area contributed by atoms with Crippen molar-refractivity contribution in [3.8, 4) is 11.1 Å². The van der Waals surface area contributed by atoms with Crippen molar-refractivity contribution in [2.24, 2.45) is 11.8 Å². The van der Waals surface area contributed by atoms with E-state index in [-0.39, 0.29) is 0 Å². The highest BCUT2D eigenvalue weighted by molar-refractivity contribution is 6.10. The molecule has 2 aromatic heterocycles. The third-order valence-corrected chi connectivity index (χ3v) is 8.16. The molecule has 2 nitrogen and oxygen atoms in total. The Hall–Kier alpha value is -4.56. The molecule has 2 heteroatoms. The van der Waals surface area contributed by atoms with Crippen molar-refractivity contribution >= 4 is 27.4 Å². The molecule has 4 aliphatic rings. The van der Waals surface area contributed by atoms with E-state index in [1.807, 2.05) is 24.5 Å². The standard InChI is InChI=1S/C35H24N2/c1-21-17-26(28-13-11-24-10-9-22-5-2-6-23-12-14-29(28)33(24)32(22)23)19-27(18-21)31-20-25-7-3-15-36-34(25)35-30(31)8-4-16-37-35/h2-20,32-33H,1H3. The van der Waals surface area contributed by atoms with E-state index < -0.39 is 0 Å². The zero-order valence-corrected chi connectivity index (χ0v) is 20.5. The summed E-state index contributed by atoms with van der Waals surface area (Å²) in [6.07, 6.45) is 24.4. The molecule has 0 saturated carbocycles. The van der Waals surface area contributed by atoms with Crippen LogP contribution in [-0.4, -0.2) is 9.97 Å². The van der Waals surface area contributed by atoms with Gasteiger partial charge in [0, 0.05) is 35.0 Å². The van der Waals surface area contributed by atoms with Gasteiger partial charge in [-0.1, -0.05) is 78.9 Å². The Morgan fingerprint density at radius 2 is 1.41 bits per heavy atom. The van der Waals surface area contributed by atoms with Crippen LogP contribution in [0.2, 0.25) is 0 Å². The highest BCUT2D eigenvalue weighted by Crippen LogP contribution is 2.52. The molecule has 0 aliphatic heterocycles. The second-order valence-electron chi connectivity index (χ2n) is 10.3. The smallest absolute Gasteiger partial charge is 0.0970 e. The Balaban J connectivity index is 1.33. The highest BCUT2D eigenvalue weighted by Gasteiger charge is 2.39. The number of benzene rings is 2. The van der Waals surface area contributed by atoms with Crippen molar-refractivity contribution in [2.45, 2.75) is 6.92 Å². The first-order valence-electron chi connectivity index (χ1n) is 12.9. The largest absolute Gasteiger partial charge is 0.254 e. The second-order valence-corrected chi connectivity index (χ2v) is 10.3. The number of hydrogen-bond donors (Lipinski definition) is 0. The molecule has 0 bridgehead atoms. The van der Waals surface area contributed by atoms with E-state index >= 15 is 0 Å². The van der Waals surface area contributed by atoms with Gasteiger partial charge >= 0.3 is 0 Å². The molecule has 0 amide bonds. The van der Waals surface area contributed by atoms with Gasteiger partial charge in [-0.3, -0.25) is 9.97 Å².